The summed E-state index contributed by atoms with van der Waals surface area (Å²) in [5.74, 6) is -3.52. The molecule has 0 spiro atoms. The number of halogens is 3. The predicted octanol–water partition coefficient (Wildman–Crippen LogP) is 4.34. The molecular formula is C21H19F3N4O2. The molecular weight excluding hydrogens is 397 g/mol. The first-order valence-corrected chi connectivity index (χ1v) is 9.90. The average molecular weight is 416 g/mol. The molecule has 3 saturated carbocycles. The van der Waals surface area contributed by atoms with Gasteiger partial charge in [-0.3, -0.25) is 4.79 Å². The molecule has 30 heavy (non-hydrogen) atoms. The maximum absolute atomic E-state index is 14.5. The zero-order valence-corrected chi connectivity index (χ0v) is 15.8. The molecule has 0 amide bonds. The van der Waals surface area contributed by atoms with Crippen LogP contribution >= 0.6 is 0 Å². The van der Waals surface area contributed by atoms with Crippen LogP contribution in [0.25, 0.3) is 22.3 Å². The second-order valence-electron chi connectivity index (χ2n) is 8.11. The lowest BCUT2D eigenvalue weighted by atomic mass is 9.61. The minimum atomic E-state index is -0.890. The number of benzene rings is 1. The molecule has 0 radical (unpaired) electrons. The number of carboxylic acids is 1. The van der Waals surface area contributed by atoms with E-state index in [4.69, 9.17) is 0 Å². The number of aliphatic carboxylic acids is 1. The maximum Gasteiger partial charge on any atom is 0.308 e. The molecule has 2 atom stereocenters. The highest BCUT2D eigenvalue weighted by Gasteiger charge is 2.47. The second kappa shape index (κ2) is 7.00. The molecule has 0 aliphatic heterocycles. The molecule has 6 nitrogen and oxygen atoms in total. The van der Waals surface area contributed by atoms with E-state index in [1.165, 1.54) is 6.20 Å². The number of nitrogens with zero attached hydrogens (tertiary/aromatic N) is 2. The lowest BCUT2D eigenvalue weighted by Gasteiger charge is -2.47. The van der Waals surface area contributed by atoms with Crippen molar-refractivity contribution in [2.24, 2.45) is 17.8 Å². The van der Waals surface area contributed by atoms with Crippen molar-refractivity contribution < 1.29 is 23.1 Å². The number of carboxylic acid groups (broad SMARTS) is 1. The van der Waals surface area contributed by atoms with Crippen molar-refractivity contribution >= 4 is 22.7 Å². The number of hydrogen-bond acceptors (Lipinski definition) is 4. The van der Waals surface area contributed by atoms with Gasteiger partial charge in [0, 0.05) is 29.3 Å². The summed E-state index contributed by atoms with van der Waals surface area (Å²) in [6.45, 7) is 0. The van der Waals surface area contributed by atoms with E-state index in [-0.39, 0.29) is 34.4 Å². The van der Waals surface area contributed by atoms with Crippen molar-refractivity contribution in [3.05, 3.63) is 42.0 Å². The van der Waals surface area contributed by atoms with Gasteiger partial charge < -0.3 is 15.4 Å². The summed E-state index contributed by atoms with van der Waals surface area (Å²) in [4.78, 5) is 22.8. The Balaban J connectivity index is 1.53. The van der Waals surface area contributed by atoms with E-state index >= 15 is 0 Å². The number of anilines is 1. The molecule has 3 fully saturated rings. The standard InChI is InChI=1S/C21H19F3N4O2/c22-11-5-12-13(7-25-18(12)14(23)6-11)19-26-8-15(24)20(28-19)27-17-10-3-1-9(2-4-10)16(17)21(29)30/h5-10,16-17,25H,1-4H2,(H,29,30)(H,26,27,28)/t9?,10?,16-,17+/m0/s1. The minimum Gasteiger partial charge on any atom is -0.481 e. The largest absolute Gasteiger partial charge is 0.481 e. The molecule has 2 heterocycles. The van der Waals surface area contributed by atoms with Crippen LogP contribution in [0.1, 0.15) is 25.7 Å². The van der Waals surface area contributed by atoms with Gasteiger partial charge in [0.1, 0.15) is 11.6 Å². The Morgan fingerprint density at radius 2 is 1.83 bits per heavy atom. The molecule has 6 rings (SSSR count). The number of nitrogens with one attached hydrogen (secondary N) is 2. The van der Waals surface area contributed by atoms with Crippen molar-refractivity contribution in [2.75, 3.05) is 5.32 Å². The van der Waals surface area contributed by atoms with E-state index in [1.807, 2.05) is 0 Å². The van der Waals surface area contributed by atoms with Crippen molar-refractivity contribution in [2.45, 2.75) is 31.7 Å². The van der Waals surface area contributed by atoms with Gasteiger partial charge in [0.05, 0.1) is 17.6 Å². The summed E-state index contributed by atoms with van der Waals surface area (Å²) in [7, 11) is 0. The third-order valence-electron chi connectivity index (χ3n) is 6.50. The summed E-state index contributed by atoms with van der Waals surface area (Å²) in [6.07, 6.45) is 5.94. The first-order valence-electron chi connectivity index (χ1n) is 9.90. The molecule has 3 N–H and O–H groups in total. The van der Waals surface area contributed by atoms with E-state index in [9.17, 15) is 23.1 Å². The van der Waals surface area contributed by atoms with Gasteiger partial charge in [-0.05, 0) is 43.6 Å². The topological polar surface area (TPSA) is 90.9 Å². The van der Waals surface area contributed by atoms with Crippen molar-refractivity contribution in [1.29, 1.82) is 0 Å². The number of fused-ring (bicyclic) bond motifs is 4. The fourth-order valence-electron chi connectivity index (χ4n) is 5.11. The zero-order chi connectivity index (χ0) is 21.0. The quantitative estimate of drug-likeness (QED) is 0.589. The van der Waals surface area contributed by atoms with Crippen LogP contribution in [0.4, 0.5) is 19.0 Å². The molecule has 1 aromatic carbocycles. The molecule has 0 unspecified atom stereocenters. The van der Waals surface area contributed by atoms with E-state index < -0.39 is 35.4 Å². The zero-order valence-electron chi connectivity index (χ0n) is 15.8. The van der Waals surface area contributed by atoms with E-state index in [0.717, 1.165) is 44.0 Å². The Morgan fingerprint density at radius 3 is 2.57 bits per heavy atom. The minimum absolute atomic E-state index is 0.0638. The van der Waals surface area contributed by atoms with E-state index in [2.05, 4.69) is 20.3 Å². The lowest BCUT2D eigenvalue weighted by molar-refractivity contribution is -0.148. The fraction of sp³-hybridized carbons (Fsp3) is 0.381. The normalized spacial score (nSPS) is 25.6. The number of carbonyl (C=O) groups is 1. The van der Waals surface area contributed by atoms with Crippen LogP contribution in [0, 0.1) is 35.2 Å². The Labute approximate surface area is 169 Å². The number of rotatable bonds is 4. The monoisotopic (exact) mass is 416 g/mol. The van der Waals surface area contributed by atoms with Crippen molar-refractivity contribution in [3.8, 4) is 11.4 Å². The average Bonchev–Trinajstić information content (AvgIpc) is 3.14. The molecule has 2 aromatic heterocycles. The van der Waals surface area contributed by atoms with Crippen LogP contribution in [-0.4, -0.2) is 32.1 Å². The van der Waals surface area contributed by atoms with Crippen LogP contribution in [0.5, 0.6) is 0 Å². The number of aromatic nitrogens is 3. The van der Waals surface area contributed by atoms with Gasteiger partial charge in [0.2, 0.25) is 0 Å². The summed E-state index contributed by atoms with van der Waals surface area (Å²) in [6, 6.07) is 1.50. The predicted molar refractivity (Wildman–Crippen MR) is 103 cm³/mol. The Morgan fingerprint density at radius 1 is 1.10 bits per heavy atom. The second-order valence-corrected chi connectivity index (χ2v) is 8.11. The van der Waals surface area contributed by atoms with E-state index in [0.29, 0.717) is 5.56 Å². The highest BCUT2D eigenvalue weighted by Crippen LogP contribution is 2.46. The van der Waals surface area contributed by atoms with Crippen LogP contribution in [0.3, 0.4) is 0 Å². The molecule has 0 saturated heterocycles. The first kappa shape index (κ1) is 18.9. The van der Waals surface area contributed by atoms with Gasteiger partial charge in [-0.25, -0.2) is 23.1 Å². The molecule has 2 bridgehead atoms. The van der Waals surface area contributed by atoms with Gasteiger partial charge in [-0.2, -0.15) is 0 Å². The summed E-state index contributed by atoms with van der Waals surface area (Å²) in [5.41, 5.74) is 0.427. The van der Waals surface area contributed by atoms with Crippen LogP contribution in [-0.2, 0) is 4.79 Å². The third kappa shape index (κ3) is 3.00. The number of aromatic amines is 1. The first-order chi connectivity index (χ1) is 14.4. The number of hydrogen-bond donors (Lipinski definition) is 3. The summed E-state index contributed by atoms with van der Waals surface area (Å²) < 4.78 is 42.2. The Hall–Kier alpha value is -3.10. The smallest absolute Gasteiger partial charge is 0.308 e. The van der Waals surface area contributed by atoms with Gasteiger partial charge in [0.15, 0.2) is 17.5 Å². The fourth-order valence-corrected chi connectivity index (χ4v) is 5.11. The summed E-state index contributed by atoms with van der Waals surface area (Å²) in [5, 5.41) is 13.0. The molecule has 156 valence electrons. The molecule has 3 aliphatic carbocycles. The van der Waals surface area contributed by atoms with Crippen LogP contribution in [0.15, 0.2) is 24.5 Å². The van der Waals surface area contributed by atoms with Crippen LogP contribution < -0.4 is 5.32 Å². The summed E-state index contributed by atoms with van der Waals surface area (Å²) >= 11 is 0. The molecule has 3 aromatic rings. The van der Waals surface area contributed by atoms with Gasteiger partial charge in [0.25, 0.3) is 0 Å². The number of H-pyrrole nitrogens is 1. The van der Waals surface area contributed by atoms with Crippen molar-refractivity contribution in [3.63, 3.8) is 0 Å². The maximum atomic E-state index is 14.5. The van der Waals surface area contributed by atoms with Gasteiger partial charge in [-0.15, -0.1) is 0 Å². The molecule has 9 heteroatoms. The Bertz CT molecular complexity index is 1140. The lowest BCUT2D eigenvalue weighted by Crippen LogP contribution is -2.51. The van der Waals surface area contributed by atoms with Gasteiger partial charge >= 0.3 is 5.97 Å². The highest BCUT2D eigenvalue weighted by molar-refractivity contribution is 5.94. The third-order valence-corrected chi connectivity index (χ3v) is 6.50. The molecule has 3 aliphatic rings. The van der Waals surface area contributed by atoms with E-state index in [1.54, 1.807) is 0 Å². The van der Waals surface area contributed by atoms with Crippen LogP contribution in [0.2, 0.25) is 0 Å². The Kier molecular flexibility index (Phi) is 4.41. The highest BCUT2D eigenvalue weighted by atomic mass is 19.1. The SMILES string of the molecule is O=C(O)[C@H]1C2CCC(CC2)[C@H]1Nc1nc(-c2c[nH]c3c(F)cc(F)cc23)ncc1F. The van der Waals surface area contributed by atoms with Gasteiger partial charge in [-0.1, -0.05) is 0 Å². The van der Waals surface area contributed by atoms with Crippen molar-refractivity contribution in [1.82, 2.24) is 15.0 Å².